The van der Waals surface area contributed by atoms with Crippen LogP contribution < -0.4 is 0 Å². The molecule has 1 aromatic heterocycles. The molecule has 66 valence electrons. The highest BCUT2D eigenvalue weighted by Crippen LogP contribution is 2.08. The van der Waals surface area contributed by atoms with E-state index < -0.39 is 0 Å². The van der Waals surface area contributed by atoms with Gasteiger partial charge in [0.1, 0.15) is 12.7 Å². The molecule has 0 aliphatic carbocycles. The third kappa shape index (κ3) is 1.57. The number of rotatable bonds is 2. The van der Waals surface area contributed by atoms with Gasteiger partial charge in [-0.05, 0) is 17.7 Å². The van der Waals surface area contributed by atoms with E-state index in [1.165, 1.54) is 0 Å². The van der Waals surface area contributed by atoms with Gasteiger partial charge in [0.05, 0.1) is 6.61 Å². The average Bonchev–Trinajstić information content (AvgIpc) is 2.71. The smallest absolute Gasteiger partial charge is 0.123 e. The first-order valence-corrected chi connectivity index (χ1v) is 3.95. The van der Waals surface area contributed by atoms with Gasteiger partial charge >= 0.3 is 0 Å². The Hall–Kier alpha value is -1.68. The lowest BCUT2D eigenvalue weighted by atomic mass is 10.2. The summed E-state index contributed by atoms with van der Waals surface area (Å²) in [5, 5.41) is 16.2. The second-order valence-corrected chi connectivity index (χ2v) is 2.69. The number of hydrogen-bond donors (Lipinski definition) is 1. The van der Waals surface area contributed by atoms with Gasteiger partial charge in [0, 0.05) is 5.69 Å². The normalized spacial score (nSPS) is 10.2. The predicted molar refractivity (Wildman–Crippen MR) is 47.3 cm³/mol. The third-order valence-corrected chi connectivity index (χ3v) is 1.84. The molecule has 0 aliphatic rings. The van der Waals surface area contributed by atoms with E-state index in [-0.39, 0.29) is 6.61 Å². The quantitative estimate of drug-likeness (QED) is 0.733. The average molecular weight is 175 g/mol. The molecule has 13 heavy (non-hydrogen) atoms. The molecule has 2 rings (SSSR count). The summed E-state index contributed by atoms with van der Waals surface area (Å²) < 4.78 is 1.81. The maximum atomic E-state index is 8.83. The number of aliphatic hydroxyl groups excluding tert-OH is 1. The molecule has 0 aliphatic heterocycles. The number of nitrogens with zero attached hydrogens (tertiary/aromatic N) is 3. The second kappa shape index (κ2) is 3.37. The summed E-state index contributed by atoms with van der Waals surface area (Å²) in [4.78, 5) is 0. The highest BCUT2D eigenvalue weighted by Gasteiger charge is 1.95. The summed E-state index contributed by atoms with van der Waals surface area (Å²) in [5.41, 5.74) is 1.89. The molecule has 1 N–H and O–H groups in total. The Kier molecular flexibility index (Phi) is 2.06. The number of aromatic nitrogens is 3. The largest absolute Gasteiger partial charge is 0.392 e. The molecule has 0 saturated heterocycles. The SMILES string of the molecule is OCc1ccc(-n2cnnc2)cc1. The topological polar surface area (TPSA) is 50.9 Å². The first-order chi connectivity index (χ1) is 6.40. The van der Waals surface area contributed by atoms with Crippen molar-refractivity contribution < 1.29 is 5.11 Å². The van der Waals surface area contributed by atoms with Crippen LogP contribution in [0.5, 0.6) is 0 Å². The van der Waals surface area contributed by atoms with Crippen molar-refractivity contribution in [2.24, 2.45) is 0 Å². The summed E-state index contributed by atoms with van der Waals surface area (Å²) in [7, 11) is 0. The van der Waals surface area contributed by atoms with Crippen molar-refractivity contribution in [3.05, 3.63) is 42.5 Å². The minimum absolute atomic E-state index is 0.0719. The minimum Gasteiger partial charge on any atom is -0.392 e. The fraction of sp³-hybridized carbons (Fsp3) is 0.111. The van der Waals surface area contributed by atoms with Crippen LogP contribution in [0.2, 0.25) is 0 Å². The molecule has 1 heterocycles. The highest BCUT2D eigenvalue weighted by atomic mass is 16.3. The molecule has 2 aromatic rings. The Labute approximate surface area is 75.5 Å². The second-order valence-electron chi connectivity index (χ2n) is 2.69. The maximum Gasteiger partial charge on any atom is 0.123 e. The standard InChI is InChI=1S/C9H9N3O/c13-5-8-1-3-9(4-2-8)12-6-10-11-7-12/h1-4,6-7,13H,5H2. The van der Waals surface area contributed by atoms with Gasteiger partial charge in [0.15, 0.2) is 0 Å². The molecule has 4 nitrogen and oxygen atoms in total. The van der Waals surface area contributed by atoms with Gasteiger partial charge in [0.25, 0.3) is 0 Å². The molecule has 0 fully saturated rings. The monoisotopic (exact) mass is 175 g/mol. The molecule has 0 saturated carbocycles. The molecule has 4 heteroatoms. The predicted octanol–water partition coefficient (Wildman–Crippen LogP) is 0.760. The summed E-state index contributed by atoms with van der Waals surface area (Å²) in [6.45, 7) is 0.0719. The first kappa shape index (κ1) is 7.94. The molecule has 1 aromatic carbocycles. The van der Waals surface area contributed by atoms with Gasteiger partial charge in [-0.15, -0.1) is 10.2 Å². The van der Waals surface area contributed by atoms with Crippen molar-refractivity contribution in [2.75, 3.05) is 0 Å². The van der Waals surface area contributed by atoms with E-state index in [1.807, 2.05) is 24.3 Å². The molecule has 0 radical (unpaired) electrons. The van der Waals surface area contributed by atoms with Gasteiger partial charge in [-0.1, -0.05) is 12.1 Å². The van der Waals surface area contributed by atoms with Gasteiger partial charge < -0.3 is 5.11 Å². The summed E-state index contributed by atoms with van der Waals surface area (Å²) in [6.07, 6.45) is 3.27. The fourth-order valence-corrected chi connectivity index (χ4v) is 1.11. The van der Waals surface area contributed by atoms with Crippen LogP contribution in [0, 0.1) is 0 Å². The lowest BCUT2D eigenvalue weighted by Gasteiger charge is -2.01. The molecule has 0 amide bonds. The van der Waals surface area contributed by atoms with E-state index in [2.05, 4.69) is 10.2 Å². The number of benzene rings is 1. The van der Waals surface area contributed by atoms with E-state index >= 15 is 0 Å². The third-order valence-electron chi connectivity index (χ3n) is 1.84. The zero-order valence-corrected chi connectivity index (χ0v) is 6.96. The van der Waals surface area contributed by atoms with Crippen molar-refractivity contribution in [1.29, 1.82) is 0 Å². The zero-order chi connectivity index (χ0) is 9.10. The van der Waals surface area contributed by atoms with E-state index in [9.17, 15) is 0 Å². The molecule has 0 bridgehead atoms. The van der Waals surface area contributed by atoms with Crippen LogP contribution in [0.1, 0.15) is 5.56 Å². The van der Waals surface area contributed by atoms with Crippen molar-refractivity contribution in [2.45, 2.75) is 6.61 Å². The van der Waals surface area contributed by atoms with E-state index in [0.29, 0.717) is 0 Å². The fourth-order valence-electron chi connectivity index (χ4n) is 1.11. The summed E-state index contributed by atoms with van der Waals surface area (Å²) >= 11 is 0. The van der Waals surface area contributed by atoms with Gasteiger partial charge in [-0.25, -0.2) is 0 Å². The minimum atomic E-state index is 0.0719. The molecular formula is C9H9N3O. The maximum absolute atomic E-state index is 8.83. The van der Waals surface area contributed by atoms with Crippen LogP contribution in [-0.2, 0) is 6.61 Å². The van der Waals surface area contributed by atoms with Gasteiger partial charge in [0.2, 0.25) is 0 Å². The van der Waals surface area contributed by atoms with Crippen LogP contribution in [-0.4, -0.2) is 19.9 Å². The van der Waals surface area contributed by atoms with E-state index in [1.54, 1.807) is 17.2 Å². The van der Waals surface area contributed by atoms with Crippen LogP contribution in [0.4, 0.5) is 0 Å². The first-order valence-electron chi connectivity index (χ1n) is 3.95. The number of aliphatic hydroxyl groups is 1. The van der Waals surface area contributed by atoms with Gasteiger partial charge in [-0.2, -0.15) is 0 Å². The molecule has 0 unspecified atom stereocenters. The van der Waals surface area contributed by atoms with Crippen molar-refractivity contribution >= 4 is 0 Å². The molecule has 0 atom stereocenters. The van der Waals surface area contributed by atoms with Crippen LogP contribution in [0.25, 0.3) is 5.69 Å². The lowest BCUT2D eigenvalue weighted by Crippen LogP contribution is -1.90. The highest BCUT2D eigenvalue weighted by molar-refractivity contribution is 5.33. The molecular weight excluding hydrogens is 166 g/mol. The summed E-state index contributed by atoms with van der Waals surface area (Å²) in [6, 6.07) is 7.56. The van der Waals surface area contributed by atoms with E-state index in [4.69, 9.17) is 5.11 Å². The Bertz CT molecular complexity index is 366. The van der Waals surface area contributed by atoms with Crippen LogP contribution in [0.3, 0.4) is 0 Å². The number of hydrogen-bond acceptors (Lipinski definition) is 3. The Morgan fingerprint density at radius 1 is 1.08 bits per heavy atom. The van der Waals surface area contributed by atoms with E-state index in [0.717, 1.165) is 11.3 Å². The van der Waals surface area contributed by atoms with Crippen LogP contribution >= 0.6 is 0 Å². The van der Waals surface area contributed by atoms with Crippen molar-refractivity contribution in [3.63, 3.8) is 0 Å². The van der Waals surface area contributed by atoms with Crippen molar-refractivity contribution in [1.82, 2.24) is 14.8 Å². The zero-order valence-electron chi connectivity index (χ0n) is 6.96. The molecule has 0 spiro atoms. The lowest BCUT2D eigenvalue weighted by molar-refractivity contribution is 0.282. The Morgan fingerprint density at radius 3 is 2.23 bits per heavy atom. The van der Waals surface area contributed by atoms with Crippen LogP contribution in [0.15, 0.2) is 36.9 Å². The summed E-state index contributed by atoms with van der Waals surface area (Å²) in [5.74, 6) is 0. The Balaban J connectivity index is 2.33. The van der Waals surface area contributed by atoms with Crippen molar-refractivity contribution in [3.8, 4) is 5.69 Å². The van der Waals surface area contributed by atoms with Gasteiger partial charge in [-0.3, -0.25) is 4.57 Å². The Morgan fingerprint density at radius 2 is 1.69 bits per heavy atom.